The normalized spacial score (nSPS) is 20.7. The van der Waals surface area contributed by atoms with Crippen LogP contribution in [-0.4, -0.2) is 75.1 Å². The summed E-state index contributed by atoms with van der Waals surface area (Å²) in [6.45, 7) is 7.82. The molecule has 2 heterocycles. The molecule has 2 aromatic carbocycles. The van der Waals surface area contributed by atoms with Crippen molar-refractivity contribution in [1.82, 2.24) is 15.2 Å². The van der Waals surface area contributed by atoms with Gasteiger partial charge in [-0.3, -0.25) is 4.90 Å². The summed E-state index contributed by atoms with van der Waals surface area (Å²) in [6.07, 6.45) is 1.95. The summed E-state index contributed by atoms with van der Waals surface area (Å²) in [5.41, 5.74) is 5.70. The zero-order chi connectivity index (χ0) is 27.1. The number of hydrogen-bond donors (Lipinski definition) is 1. The summed E-state index contributed by atoms with van der Waals surface area (Å²) >= 11 is 0. The molecule has 2 aliphatic rings. The number of sulfonamides is 1. The summed E-state index contributed by atoms with van der Waals surface area (Å²) in [5, 5.41) is 4.16. The topological polar surface area (TPSA) is 104 Å². The Bertz CT molecular complexity index is 1250. The number of aryl methyl sites for hydroxylation is 1. The zero-order valence-electron chi connectivity index (χ0n) is 22.3. The minimum Gasteiger partial charge on any atom is -0.464 e. The number of carbonyl (C=O) groups excluding carboxylic acids is 1. The lowest BCUT2D eigenvalue weighted by molar-refractivity contribution is -0.133. The first-order valence-corrected chi connectivity index (χ1v) is 14.5. The van der Waals surface area contributed by atoms with Crippen molar-refractivity contribution in [3.63, 3.8) is 0 Å². The van der Waals surface area contributed by atoms with Gasteiger partial charge < -0.3 is 15.1 Å². The van der Waals surface area contributed by atoms with Gasteiger partial charge in [0.1, 0.15) is 11.5 Å². The van der Waals surface area contributed by atoms with E-state index in [0.717, 1.165) is 31.6 Å². The molecule has 4 rings (SSSR count). The number of piperazine rings is 1. The minimum absolute atomic E-state index is 0.0122. The van der Waals surface area contributed by atoms with E-state index in [0.29, 0.717) is 37.5 Å². The Morgan fingerprint density at radius 3 is 2.42 bits per heavy atom. The number of esters is 1. The number of methoxy groups -OCH3 is 1. The highest BCUT2D eigenvalue weighted by Crippen LogP contribution is 2.21. The van der Waals surface area contributed by atoms with E-state index < -0.39 is 16.0 Å². The van der Waals surface area contributed by atoms with Gasteiger partial charge in [-0.15, -0.1) is 4.40 Å². The van der Waals surface area contributed by atoms with E-state index in [2.05, 4.69) is 36.9 Å². The molecular formula is C28H37N5O4S. The van der Waals surface area contributed by atoms with Gasteiger partial charge in [-0.25, -0.2) is 4.79 Å². The lowest BCUT2D eigenvalue weighted by Crippen LogP contribution is -2.48. The molecule has 0 bridgehead atoms. The Kier molecular flexibility index (Phi) is 9.17. The third-order valence-electron chi connectivity index (χ3n) is 7.23. The van der Waals surface area contributed by atoms with Gasteiger partial charge >= 0.3 is 5.97 Å². The lowest BCUT2D eigenvalue weighted by Gasteiger charge is -2.36. The molecule has 204 valence electrons. The minimum atomic E-state index is -3.84. The number of amidine groups is 1. The maximum Gasteiger partial charge on any atom is 0.354 e. The van der Waals surface area contributed by atoms with Crippen molar-refractivity contribution >= 4 is 27.5 Å². The van der Waals surface area contributed by atoms with E-state index in [1.165, 1.54) is 12.7 Å². The number of hydrogen-bond acceptors (Lipinski definition) is 7. The van der Waals surface area contributed by atoms with E-state index >= 15 is 0 Å². The van der Waals surface area contributed by atoms with Crippen molar-refractivity contribution < 1.29 is 17.9 Å². The van der Waals surface area contributed by atoms with Gasteiger partial charge in [-0.1, -0.05) is 55.0 Å². The van der Waals surface area contributed by atoms with Crippen LogP contribution in [0.5, 0.6) is 0 Å². The number of nitrogens with zero attached hydrogens (tertiary/aromatic N) is 4. The van der Waals surface area contributed by atoms with Crippen LogP contribution >= 0.6 is 0 Å². The van der Waals surface area contributed by atoms with Gasteiger partial charge in [0.15, 0.2) is 0 Å². The van der Waals surface area contributed by atoms with Crippen LogP contribution in [-0.2, 0) is 26.1 Å². The molecule has 1 fully saturated rings. The van der Waals surface area contributed by atoms with Gasteiger partial charge in [-0.2, -0.15) is 13.5 Å². The van der Waals surface area contributed by atoms with Crippen LogP contribution < -0.4 is 5.43 Å². The Balaban J connectivity index is 1.43. The second kappa shape index (κ2) is 12.5. The first kappa shape index (κ1) is 27.8. The fourth-order valence-corrected chi connectivity index (χ4v) is 5.93. The number of ether oxygens (including phenoxy) is 1. The van der Waals surface area contributed by atoms with Crippen LogP contribution in [0.4, 0.5) is 0 Å². The highest BCUT2D eigenvalue weighted by atomic mass is 32.2. The van der Waals surface area contributed by atoms with Crippen molar-refractivity contribution in [1.29, 1.82) is 0 Å². The average Bonchev–Trinajstić information content (AvgIpc) is 3.29. The molecule has 2 aromatic rings. The average molecular weight is 540 g/mol. The fraction of sp³-hybridized carbons (Fsp3) is 0.464. The van der Waals surface area contributed by atoms with Gasteiger partial charge in [0.25, 0.3) is 10.0 Å². The highest BCUT2D eigenvalue weighted by molar-refractivity contribution is 7.90. The van der Waals surface area contributed by atoms with Crippen molar-refractivity contribution in [3.8, 4) is 0 Å². The molecule has 2 atom stereocenters. The smallest absolute Gasteiger partial charge is 0.354 e. The summed E-state index contributed by atoms with van der Waals surface area (Å²) < 4.78 is 35.6. The third kappa shape index (κ3) is 6.99. The molecule has 0 saturated carbocycles. The molecule has 0 amide bonds. The van der Waals surface area contributed by atoms with Gasteiger partial charge in [0.2, 0.25) is 0 Å². The van der Waals surface area contributed by atoms with E-state index in [1.807, 2.05) is 32.0 Å². The van der Waals surface area contributed by atoms with E-state index in [4.69, 9.17) is 4.74 Å². The largest absolute Gasteiger partial charge is 0.464 e. The summed E-state index contributed by atoms with van der Waals surface area (Å²) in [7, 11) is -2.49. The third-order valence-corrected chi connectivity index (χ3v) is 8.55. The molecule has 2 aliphatic heterocycles. The van der Waals surface area contributed by atoms with Crippen molar-refractivity contribution in [2.75, 3.05) is 33.3 Å². The molecular weight excluding hydrogens is 502 g/mol. The highest BCUT2D eigenvalue weighted by Gasteiger charge is 2.32. The Hall–Kier alpha value is -3.24. The molecule has 0 unspecified atom stereocenters. The first-order chi connectivity index (χ1) is 18.3. The summed E-state index contributed by atoms with van der Waals surface area (Å²) in [5.74, 6) is 0.0812. The predicted molar refractivity (Wildman–Crippen MR) is 148 cm³/mol. The van der Waals surface area contributed by atoms with Gasteiger partial charge in [0, 0.05) is 45.1 Å². The monoisotopic (exact) mass is 539 g/mol. The van der Waals surface area contributed by atoms with Crippen LogP contribution in [0.1, 0.15) is 37.3 Å². The van der Waals surface area contributed by atoms with Crippen LogP contribution in [0.3, 0.4) is 0 Å². The molecule has 1 saturated heterocycles. The second-order valence-electron chi connectivity index (χ2n) is 9.95. The molecule has 0 aromatic heterocycles. The summed E-state index contributed by atoms with van der Waals surface area (Å²) in [6, 6.07) is 17.1. The van der Waals surface area contributed by atoms with E-state index in [-0.39, 0.29) is 16.9 Å². The van der Waals surface area contributed by atoms with Crippen molar-refractivity contribution in [2.24, 2.45) is 15.4 Å². The first-order valence-electron chi connectivity index (χ1n) is 13.1. The number of rotatable bonds is 9. The predicted octanol–water partition coefficient (Wildman–Crippen LogP) is 3.21. The fourth-order valence-electron chi connectivity index (χ4n) is 4.86. The molecule has 0 radical (unpaired) electrons. The maximum atomic E-state index is 13.2. The van der Waals surface area contributed by atoms with Crippen LogP contribution in [0, 0.1) is 12.8 Å². The molecule has 1 N–H and O–H groups in total. The molecule has 9 nitrogen and oxygen atoms in total. The number of carbonyl (C=O) groups is 1. The number of nitrogens with one attached hydrogen (secondary N) is 1. The molecule has 0 aliphatic carbocycles. The summed E-state index contributed by atoms with van der Waals surface area (Å²) in [4.78, 5) is 16.6. The molecule has 0 spiro atoms. The Labute approximate surface area is 225 Å². The second-order valence-corrected chi connectivity index (χ2v) is 11.6. The zero-order valence-corrected chi connectivity index (χ0v) is 23.2. The number of hydrazone groups is 1. The van der Waals surface area contributed by atoms with Crippen LogP contribution in [0.25, 0.3) is 0 Å². The SMILES string of the molecule is COC(=O)C1=NN[C@H](CCC/C(=N\S(=O)(=O)c2ccc(C)cc2)N2CCN(Cc3ccccc3)CC2)[C@H]1C. The van der Waals surface area contributed by atoms with Crippen LogP contribution in [0.2, 0.25) is 0 Å². The maximum absolute atomic E-state index is 13.2. The van der Waals surface area contributed by atoms with Gasteiger partial charge in [0.05, 0.1) is 18.0 Å². The molecule has 10 heteroatoms. The van der Waals surface area contributed by atoms with Crippen LogP contribution in [0.15, 0.2) is 69.0 Å². The molecule has 38 heavy (non-hydrogen) atoms. The standard InChI is InChI=1S/C28H37N5O4S/c1-21-12-14-24(15-13-21)38(35,36)31-26(11-7-10-25-22(2)27(30-29-25)28(34)37-3)33-18-16-32(17-19-33)20-23-8-5-4-6-9-23/h4-6,8-9,12-15,22,25,29H,7,10-11,16-20H2,1-3H3/b31-26+/t22-,25-/m1/s1. The quantitative estimate of drug-likeness (QED) is 0.297. The van der Waals surface area contributed by atoms with Gasteiger partial charge in [-0.05, 0) is 37.5 Å². The lowest BCUT2D eigenvalue weighted by atomic mass is 9.94. The van der Waals surface area contributed by atoms with Crippen molar-refractivity contribution in [2.45, 2.75) is 50.6 Å². The Morgan fingerprint density at radius 2 is 1.76 bits per heavy atom. The van der Waals surface area contributed by atoms with Crippen molar-refractivity contribution in [3.05, 3.63) is 65.7 Å². The van der Waals surface area contributed by atoms with E-state index in [9.17, 15) is 13.2 Å². The van der Waals surface area contributed by atoms with E-state index in [1.54, 1.807) is 24.3 Å². The number of benzene rings is 2. The Morgan fingerprint density at radius 1 is 1.08 bits per heavy atom.